The molecule has 0 saturated heterocycles. The van der Waals surface area contributed by atoms with E-state index in [1.54, 1.807) is 6.20 Å². The van der Waals surface area contributed by atoms with Crippen LogP contribution < -0.4 is 0 Å². The number of rotatable bonds is 4. The lowest BCUT2D eigenvalue weighted by Gasteiger charge is -2.08. The zero-order valence-corrected chi connectivity index (χ0v) is 17.8. The Morgan fingerprint density at radius 1 is 0.485 bits per heavy atom. The smallest absolute Gasteiger partial charge is 0.161 e. The maximum atomic E-state index is 6.60. The van der Waals surface area contributed by atoms with E-state index in [2.05, 4.69) is 65.6 Å². The fraction of sp³-hybridized carbons (Fsp3) is 0. The minimum atomic E-state index is 0.680. The topological polar surface area (TPSA) is 38.9 Å². The van der Waals surface area contributed by atoms with Gasteiger partial charge in [0.2, 0.25) is 0 Å². The highest BCUT2D eigenvalue weighted by Crippen LogP contribution is 2.42. The van der Waals surface area contributed by atoms with Crippen molar-refractivity contribution in [3.05, 3.63) is 121 Å². The van der Waals surface area contributed by atoms with Crippen LogP contribution in [0.5, 0.6) is 0 Å². The summed E-state index contributed by atoms with van der Waals surface area (Å²) in [5.41, 5.74) is 5.09. The summed E-state index contributed by atoms with van der Waals surface area (Å²) in [5.74, 6) is 2.28. The van der Waals surface area contributed by atoms with Crippen molar-refractivity contribution in [3.63, 3.8) is 0 Å². The Bertz CT molecular complexity index is 1550. The Labute approximate surface area is 192 Å². The number of nitrogens with zero attached hydrogens (tertiary/aromatic N) is 2. The van der Waals surface area contributed by atoms with E-state index in [0.717, 1.165) is 50.2 Å². The minimum Gasteiger partial charge on any atom is -0.453 e. The minimum absolute atomic E-state index is 0.680. The number of benzene rings is 4. The van der Waals surface area contributed by atoms with Crippen molar-refractivity contribution in [2.45, 2.75) is 0 Å². The highest BCUT2D eigenvalue weighted by atomic mass is 16.3. The molecule has 0 fully saturated rings. The van der Waals surface area contributed by atoms with Gasteiger partial charge in [0, 0.05) is 28.1 Å². The molecule has 0 amide bonds. The number of fused-ring (bicyclic) bond motifs is 1. The van der Waals surface area contributed by atoms with Crippen molar-refractivity contribution in [3.8, 4) is 45.3 Å². The molecule has 0 radical (unpaired) electrons. The lowest BCUT2D eigenvalue weighted by Crippen LogP contribution is -1.90. The molecule has 2 aromatic heterocycles. The Balaban J connectivity index is 1.55. The molecule has 3 heteroatoms. The molecule has 4 aromatic carbocycles. The predicted molar refractivity (Wildman–Crippen MR) is 134 cm³/mol. The Morgan fingerprint density at radius 2 is 1.06 bits per heavy atom. The molecule has 0 spiro atoms. The average molecular weight is 425 g/mol. The first-order chi connectivity index (χ1) is 16.4. The van der Waals surface area contributed by atoms with E-state index in [1.807, 2.05) is 54.6 Å². The van der Waals surface area contributed by atoms with E-state index in [-0.39, 0.29) is 0 Å². The summed E-state index contributed by atoms with van der Waals surface area (Å²) in [5, 5.41) is 2.10. The fourth-order valence-corrected chi connectivity index (χ4v) is 4.24. The fourth-order valence-electron chi connectivity index (χ4n) is 4.24. The second-order valence-corrected chi connectivity index (χ2v) is 7.85. The Hall–Kier alpha value is -4.50. The van der Waals surface area contributed by atoms with E-state index < -0.39 is 0 Å². The molecule has 0 aliphatic rings. The van der Waals surface area contributed by atoms with Gasteiger partial charge in [-0.2, -0.15) is 0 Å². The maximum absolute atomic E-state index is 6.60. The van der Waals surface area contributed by atoms with Crippen molar-refractivity contribution >= 4 is 10.8 Å². The normalized spacial score (nSPS) is 11.0. The summed E-state index contributed by atoms with van der Waals surface area (Å²) in [6.07, 6.45) is 1.79. The van der Waals surface area contributed by atoms with Gasteiger partial charge in [0.25, 0.3) is 0 Å². The van der Waals surface area contributed by atoms with Crippen molar-refractivity contribution in [1.82, 2.24) is 9.97 Å². The number of hydrogen-bond acceptors (Lipinski definition) is 3. The highest BCUT2D eigenvalue weighted by molar-refractivity contribution is 6.04. The van der Waals surface area contributed by atoms with Crippen LogP contribution in [-0.4, -0.2) is 9.97 Å². The molecule has 0 aliphatic carbocycles. The van der Waals surface area contributed by atoms with Crippen LogP contribution >= 0.6 is 0 Å². The van der Waals surface area contributed by atoms with Gasteiger partial charge in [0.1, 0.15) is 11.5 Å². The summed E-state index contributed by atoms with van der Waals surface area (Å²) < 4.78 is 6.60. The quantitative estimate of drug-likeness (QED) is 0.289. The van der Waals surface area contributed by atoms with Gasteiger partial charge in [-0.05, 0) is 17.2 Å². The first-order valence-corrected chi connectivity index (χ1v) is 10.9. The van der Waals surface area contributed by atoms with Crippen LogP contribution in [0.25, 0.3) is 56.1 Å². The SMILES string of the molecule is c1ccc(-c2nccc(-c3oc(-c4ccccc4-c4ccccc4)c4ccccc34)n2)cc1. The zero-order valence-electron chi connectivity index (χ0n) is 17.8. The van der Waals surface area contributed by atoms with Crippen LogP contribution in [0, 0.1) is 0 Å². The first-order valence-electron chi connectivity index (χ1n) is 10.9. The maximum Gasteiger partial charge on any atom is 0.161 e. The van der Waals surface area contributed by atoms with Crippen molar-refractivity contribution in [2.75, 3.05) is 0 Å². The van der Waals surface area contributed by atoms with Gasteiger partial charge in [0.15, 0.2) is 11.6 Å². The standard InChI is InChI=1S/C30H20N2O/c1-3-11-21(12-4-1)23-15-7-8-16-24(23)28-25-17-9-10-18-26(25)29(33-28)27-19-20-31-30(32-27)22-13-5-2-6-14-22/h1-20H. The molecular formula is C30H20N2O. The average Bonchev–Trinajstić information content (AvgIpc) is 3.29. The Kier molecular flexibility index (Phi) is 4.78. The molecule has 156 valence electrons. The van der Waals surface area contributed by atoms with Crippen LogP contribution in [0.1, 0.15) is 0 Å². The van der Waals surface area contributed by atoms with Crippen molar-refractivity contribution < 1.29 is 4.42 Å². The van der Waals surface area contributed by atoms with Gasteiger partial charge in [0.05, 0.1) is 0 Å². The lowest BCUT2D eigenvalue weighted by molar-refractivity contribution is 0.599. The van der Waals surface area contributed by atoms with Gasteiger partial charge >= 0.3 is 0 Å². The van der Waals surface area contributed by atoms with Crippen LogP contribution in [0.3, 0.4) is 0 Å². The third-order valence-corrected chi connectivity index (χ3v) is 5.80. The first kappa shape index (κ1) is 19.2. The molecule has 0 bridgehead atoms. The molecule has 0 unspecified atom stereocenters. The summed E-state index contributed by atoms with van der Waals surface area (Å²) in [6.45, 7) is 0. The van der Waals surface area contributed by atoms with Crippen molar-refractivity contribution in [2.24, 2.45) is 0 Å². The molecule has 33 heavy (non-hydrogen) atoms. The predicted octanol–water partition coefficient (Wildman–Crippen LogP) is 7.89. The van der Waals surface area contributed by atoms with Crippen LogP contribution in [0.4, 0.5) is 0 Å². The third kappa shape index (κ3) is 3.50. The van der Waals surface area contributed by atoms with E-state index >= 15 is 0 Å². The number of aromatic nitrogens is 2. The zero-order chi connectivity index (χ0) is 22.0. The third-order valence-electron chi connectivity index (χ3n) is 5.80. The van der Waals surface area contributed by atoms with Crippen LogP contribution in [0.2, 0.25) is 0 Å². The molecule has 6 rings (SSSR count). The van der Waals surface area contributed by atoms with Gasteiger partial charge in [-0.25, -0.2) is 9.97 Å². The summed E-state index contributed by atoms with van der Waals surface area (Å²) >= 11 is 0. The molecule has 0 saturated carbocycles. The van der Waals surface area contributed by atoms with Gasteiger partial charge in [-0.3, -0.25) is 0 Å². The molecule has 0 aliphatic heterocycles. The monoisotopic (exact) mass is 424 g/mol. The molecule has 2 heterocycles. The summed E-state index contributed by atoms with van der Waals surface area (Å²) in [4.78, 5) is 9.33. The second kappa shape index (κ2) is 8.21. The van der Waals surface area contributed by atoms with Gasteiger partial charge in [-0.15, -0.1) is 0 Å². The molecule has 0 N–H and O–H groups in total. The summed E-state index contributed by atoms with van der Waals surface area (Å²) in [6, 6.07) is 39.0. The highest BCUT2D eigenvalue weighted by Gasteiger charge is 2.19. The van der Waals surface area contributed by atoms with Gasteiger partial charge in [-0.1, -0.05) is 109 Å². The molecule has 6 aromatic rings. The second-order valence-electron chi connectivity index (χ2n) is 7.85. The van der Waals surface area contributed by atoms with E-state index in [9.17, 15) is 0 Å². The number of hydrogen-bond donors (Lipinski definition) is 0. The van der Waals surface area contributed by atoms with Crippen LogP contribution in [0.15, 0.2) is 126 Å². The number of furan rings is 1. The van der Waals surface area contributed by atoms with E-state index in [4.69, 9.17) is 9.40 Å². The van der Waals surface area contributed by atoms with Crippen LogP contribution in [-0.2, 0) is 0 Å². The van der Waals surface area contributed by atoms with Crippen molar-refractivity contribution in [1.29, 1.82) is 0 Å². The Morgan fingerprint density at radius 3 is 1.79 bits per heavy atom. The van der Waals surface area contributed by atoms with E-state index in [1.165, 1.54) is 0 Å². The largest absolute Gasteiger partial charge is 0.453 e. The lowest BCUT2D eigenvalue weighted by atomic mass is 9.96. The van der Waals surface area contributed by atoms with E-state index in [0.29, 0.717) is 5.82 Å². The summed E-state index contributed by atoms with van der Waals surface area (Å²) in [7, 11) is 0. The molecular weight excluding hydrogens is 404 g/mol. The molecule has 3 nitrogen and oxygen atoms in total. The molecule has 0 atom stereocenters. The van der Waals surface area contributed by atoms with Gasteiger partial charge < -0.3 is 4.42 Å².